The van der Waals surface area contributed by atoms with Crippen molar-refractivity contribution in [1.29, 1.82) is 0 Å². The van der Waals surface area contributed by atoms with Crippen LogP contribution in [-0.2, 0) is 23.8 Å². The number of carbonyl (C=O) groups is 2. The number of nitrogens with one attached hydrogen (secondary N) is 2. The number of rotatable bonds is 15. The number of nitrogens with zero attached hydrogens (tertiary/aromatic N) is 4. The monoisotopic (exact) mass is 664 g/mol. The summed E-state index contributed by atoms with van der Waals surface area (Å²) < 4.78 is 56.1. The molecule has 0 aliphatic carbocycles. The number of hydrogen-bond acceptors (Lipinski definition) is 15. The van der Waals surface area contributed by atoms with Gasteiger partial charge in [-0.25, -0.2) is 4.79 Å². The van der Waals surface area contributed by atoms with Crippen molar-refractivity contribution >= 4 is 44.2 Å². The Labute approximate surface area is 260 Å². The highest BCUT2D eigenvalue weighted by Crippen LogP contribution is 2.42. The molecule has 0 saturated carbocycles. The predicted molar refractivity (Wildman–Crippen MR) is 160 cm³/mol. The number of hydrogen-bond donors (Lipinski definition) is 2. The van der Waals surface area contributed by atoms with Gasteiger partial charge in [-0.2, -0.15) is 18.2 Å². The Balaban J connectivity index is 1.69. The maximum atomic E-state index is 13.3. The van der Waals surface area contributed by atoms with Gasteiger partial charge in [0.2, 0.25) is 21.9 Å². The summed E-state index contributed by atoms with van der Waals surface area (Å²) >= 11 is 0.940. The second kappa shape index (κ2) is 14.8. The number of carbonyl (C=O) groups excluding carboxylic acids is 2. The van der Waals surface area contributed by atoms with Gasteiger partial charge in [0.05, 0.1) is 31.7 Å². The molecule has 0 aliphatic rings. The molecule has 240 valence electrons. The smallest absolute Gasteiger partial charge is 0.379 e. The van der Waals surface area contributed by atoms with Crippen LogP contribution in [0.4, 0.5) is 10.9 Å². The molecule has 0 spiro atoms. The van der Waals surface area contributed by atoms with E-state index in [2.05, 4.69) is 25.9 Å². The fourth-order valence-electron chi connectivity index (χ4n) is 3.79. The van der Waals surface area contributed by atoms with E-state index in [0.717, 1.165) is 17.6 Å². The number of methoxy groups -OCH3 is 2. The highest BCUT2D eigenvalue weighted by Gasteiger charge is 2.25. The van der Waals surface area contributed by atoms with E-state index in [0.29, 0.717) is 5.82 Å². The molecule has 3 aromatic heterocycles. The lowest BCUT2D eigenvalue weighted by Crippen LogP contribution is -2.18. The van der Waals surface area contributed by atoms with Crippen LogP contribution in [0.3, 0.4) is 0 Å². The molecule has 17 nitrogen and oxygen atoms in total. The highest BCUT2D eigenvalue weighted by molar-refractivity contribution is 7.85. The molecule has 0 aliphatic heterocycles. The molecule has 0 radical (unpaired) electrons. The molecule has 19 heteroatoms. The Bertz CT molecular complexity index is 1830. The molecule has 1 aromatic carbocycles. The Morgan fingerprint density at radius 2 is 1.78 bits per heavy atom. The normalized spacial score (nSPS) is 11.2. The maximum absolute atomic E-state index is 13.3. The summed E-state index contributed by atoms with van der Waals surface area (Å²) in [5.74, 6) is -1.08. The van der Waals surface area contributed by atoms with Crippen molar-refractivity contribution in [3.8, 4) is 33.5 Å². The average molecular weight is 665 g/mol. The quantitative estimate of drug-likeness (QED) is 0.137. The zero-order valence-electron chi connectivity index (χ0n) is 24.4. The zero-order valence-corrected chi connectivity index (χ0v) is 26.0. The Morgan fingerprint density at radius 1 is 1.02 bits per heavy atom. The third kappa shape index (κ3) is 8.62. The van der Waals surface area contributed by atoms with Crippen LogP contribution in [0.2, 0.25) is 0 Å². The van der Waals surface area contributed by atoms with Crippen LogP contribution < -0.4 is 30.5 Å². The Morgan fingerprint density at radius 3 is 2.49 bits per heavy atom. The van der Waals surface area contributed by atoms with Crippen molar-refractivity contribution in [3.63, 3.8) is 0 Å². The number of aromatic nitrogens is 4. The molecule has 0 atom stereocenters. The number of benzene rings is 1. The van der Waals surface area contributed by atoms with Gasteiger partial charge < -0.3 is 28.7 Å². The SMILES string of the molecule is COCCOc1c(-c2c(OC)cccc2OCCOS(C)(=O)=O)cc(C(=O)Nc2nnc(-n3nccc3NC(C)=O)s2)oc1=O. The van der Waals surface area contributed by atoms with Crippen LogP contribution in [0.1, 0.15) is 17.5 Å². The van der Waals surface area contributed by atoms with Crippen molar-refractivity contribution in [3.05, 3.63) is 52.7 Å². The second-order valence-electron chi connectivity index (χ2n) is 8.84. The van der Waals surface area contributed by atoms with Gasteiger partial charge in [-0.15, -0.1) is 10.2 Å². The van der Waals surface area contributed by atoms with E-state index in [-0.39, 0.29) is 71.0 Å². The molecular weight excluding hydrogens is 636 g/mol. The van der Waals surface area contributed by atoms with Crippen molar-refractivity contribution in [2.24, 2.45) is 0 Å². The van der Waals surface area contributed by atoms with E-state index in [4.69, 9.17) is 27.5 Å². The zero-order chi connectivity index (χ0) is 32.6. The van der Waals surface area contributed by atoms with E-state index in [1.807, 2.05) is 0 Å². The van der Waals surface area contributed by atoms with Crippen molar-refractivity contribution < 1.29 is 45.6 Å². The first-order valence-corrected chi connectivity index (χ1v) is 15.5. The fourth-order valence-corrected chi connectivity index (χ4v) is 4.87. The van der Waals surface area contributed by atoms with Crippen LogP contribution in [0, 0.1) is 0 Å². The van der Waals surface area contributed by atoms with Gasteiger partial charge in [-0.05, 0) is 18.2 Å². The number of anilines is 2. The van der Waals surface area contributed by atoms with E-state index in [1.54, 1.807) is 24.3 Å². The second-order valence-corrected chi connectivity index (χ2v) is 11.4. The van der Waals surface area contributed by atoms with Crippen LogP contribution >= 0.6 is 11.3 Å². The van der Waals surface area contributed by atoms with Crippen molar-refractivity contribution in [2.75, 3.05) is 57.5 Å². The van der Waals surface area contributed by atoms with Gasteiger partial charge in [0.15, 0.2) is 5.76 Å². The number of amides is 2. The van der Waals surface area contributed by atoms with Gasteiger partial charge in [-0.1, -0.05) is 17.4 Å². The van der Waals surface area contributed by atoms with Crippen molar-refractivity contribution in [2.45, 2.75) is 6.92 Å². The van der Waals surface area contributed by atoms with Crippen LogP contribution in [0.5, 0.6) is 17.2 Å². The minimum absolute atomic E-state index is 0.0329. The number of ether oxygens (including phenoxy) is 4. The summed E-state index contributed by atoms with van der Waals surface area (Å²) in [6.45, 7) is 0.979. The molecule has 2 N–H and O–H groups in total. The van der Waals surface area contributed by atoms with Gasteiger partial charge >= 0.3 is 5.63 Å². The summed E-state index contributed by atoms with van der Waals surface area (Å²) in [4.78, 5) is 38.0. The predicted octanol–water partition coefficient (Wildman–Crippen LogP) is 1.94. The maximum Gasteiger partial charge on any atom is 0.379 e. The van der Waals surface area contributed by atoms with Crippen LogP contribution in [0.25, 0.3) is 16.3 Å². The van der Waals surface area contributed by atoms with Crippen LogP contribution in [0.15, 0.2) is 45.7 Å². The largest absolute Gasteiger partial charge is 0.496 e. The molecule has 45 heavy (non-hydrogen) atoms. The van der Waals surface area contributed by atoms with Crippen molar-refractivity contribution in [1.82, 2.24) is 20.0 Å². The Hall–Kier alpha value is -4.85. The third-order valence-corrected chi connectivity index (χ3v) is 6.95. The minimum atomic E-state index is -3.70. The lowest BCUT2D eigenvalue weighted by Gasteiger charge is -2.17. The molecule has 4 aromatic rings. The van der Waals surface area contributed by atoms with E-state index < -0.39 is 27.4 Å². The first-order valence-electron chi connectivity index (χ1n) is 12.9. The van der Waals surface area contributed by atoms with Gasteiger partial charge in [0.25, 0.3) is 16.0 Å². The first-order chi connectivity index (χ1) is 21.5. The molecule has 4 rings (SSSR count). The molecule has 0 unspecified atom stereocenters. The lowest BCUT2D eigenvalue weighted by molar-refractivity contribution is -0.114. The highest BCUT2D eigenvalue weighted by atomic mass is 32.2. The van der Waals surface area contributed by atoms with E-state index >= 15 is 0 Å². The standard InChI is InChI=1S/C26H28N6O11S2/c1-15(33)28-20-8-9-27-32(20)26-31-30-25(44-26)29-23(34)19-14-16(22(24(35)43-19)41-11-10-38-2)21-17(39-3)6-5-7-18(21)40-12-13-42-45(4,36)37/h5-9,14H,10-13H2,1-4H3,(H,28,33)(H,29,30,34). The molecule has 2 amide bonds. The summed E-state index contributed by atoms with van der Waals surface area (Å²) in [5.41, 5.74) is -0.685. The first kappa shape index (κ1) is 33.1. The minimum Gasteiger partial charge on any atom is -0.496 e. The summed E-state index contributed by atoms with van der Waals surface area (Å²) in [7, 11) is -0.855. The molecule has 0 fully saturated rings. The summed E-state index contributed by atoms with van der Waals surface area (Å²) in [6, 6.07) is 7.58. The average Bonchev–Trinajstić information content (AvgIpc) is 3.64. The summed E-state index contributed by atoms with van der Waals surface area (Å²) in [5, 5.41) is 17.4. The van der Waals surface area contributed by atoms with E-state index in [1.165, 1.54) is 38.1 Å². The molecule has 3 heterocycles. The van der Waals surface area contributed by atoms with Crippen LogP contribution in [-0.4, -0.2) is 87.1 Å². The molecule has 0 saturated heterocycles. The molecular formula is C26H28N6O11S2. The Kier molecular flexibility index (Phi) is 10.8. The van der Waals surface area contributed by atoms with Gasteiger partial charge in [0.1, 0.15) is 37.1 Å². The lowest BCUT2D eigenvalue weighted by atomic mass is 10.0. The fraction of sp³-hybridized carbons (Fsp3) is 0.308. The van der Waals surface area contributed by atoms with Gasteiger partial charge in [-0.3, -0.25) is 19.1 Å². The van der Waals surface area contributed by atoms with E-state index in [9.17, 15) is 22.8 Å². The van der Waals surface area contributed by atoms with Gasteiger partial charge in [0, 0.05) is 25.7 Å². The third-order valence-electron chi connectivity index (χ3n) is 5.54. The summed E-state index contributed by atoms with van der Waals surface area (Å²) in [6.07, 6.45) is 2.36. The topological polar surface area (TPSA) is 212 Å². The molecule has 0 bridgehead atoms.